The van der Waals surface area contributed by atoms with Crippen LogP contribution in [0.3, 0.4) is 0 Å². The summed E-state index contributed by atoms with van der Waals surface area (Å²) in [6.07, 6.45) is 5.07. The van der Waals surface area contributed by atoms with E-state index in [0.717, 1.165) is 31.2 Å². The Morgan fingerprint density at radius 1 is 0.964 bits per heavy atom. The number of benzene rings is 2. The summed E-state index contributed by atoms with van der Waals surface area (Å²) in [5.41, 5.74) is 1.01. The van der Waals surface area contributed by atoms with E-state index in [9.17, 15) is 13.2 Å². The summed E-state index contributed by atoms with van der Waals surface area (Å²) in [6, 6.07) is 15.8. The molecule has 3 rings (SSSR count). The third-order valence-corrected chi connectivity index (χ3v) is 6.30. The van der Waals surface area contributed by atoms with Gasteiger partial charge < -0.3 is 10.1 Å². The van der Waals surface area contributed by atoms with Gasteiger partial charge >= 0.3 is 0 Å². The Balaban J connectivity index is 1.47. The van der Waals surface area contributed by atoms with Gasteiger partial charge in [-0.3, -0.25) is 4.79 Å². The fourth-order valence-electron chi connectivity index (χ4n) is 3.22. The molecular weight excluding hydrogens is 376 g/mol. The topological polar surface area (TPSA) is 84.5 Å². The summed E-state index contributed by atoms with van der Waals surface area (Å²) < 4.78 is 33.2. The van der Waals surface area contributed by atoms with E-state index in [1.165, 1.54) is 18.6 Å². The Morgan fingerprint density at radius 2 is 1.64 bits per heavy atom. The summed E-state index contributed by atoms with van der Waals surface area (Å²) in [7, 11) is -3.53. The molecule has 28 heavy (non-hydrogen) atoms. The second kappa shape index (κ2) is 9.71. The Labute approximate surface area is 166 Å². The molecule has 6 nitrogen and oxygen atoms in total. The van der Waals surface area contributed by atoms with Crippen molar-refractivity contribution < 1.29 is 17.9 Å². The average Bonchev–Trinajstić information content (AvgIpc) is 2.72. The van der Waals surface area contributed by atoms with Crippen molar-refractivity contribution in [2.45, 2.75) is 49.6 Å². The molecule has 0 bridgehead atoms. The minimum atomic E-state index is -3.53. The zero-order chi connectivity index (χ0) is 19.8. The molecule has 1 aliphatic carbocycles. The average molecular weight is 403 g/mol. The molecule has 2 N–H and O–H groups in total. The Bertz CT molecular complexity index is 861. The lowest BCUT2D eigenvalue weighted by molar-refractivity contribution is -0.123. The van der Waals surface area contributed by atoms with Crippen LogP contribution in [-0.2, 0) is 21.4 Å². The van der Waals surface area contributed by atoms with E-state index in [-0.39, 0.29) is 23.5 Å². The highest BCUT2D eigenvalue weighted by Gasteiger charge is 2.21. The van der Waals surface area contributed by atoms with Gasteiger partial charge in [0.1, 0.15) is 5.75 Å². The predicted molar refractivity (Wildman–Crippen MR) is 107 cm³/mol. The van der Waals surface area contributed by atoms with Crippen LogP contribution in [0.1, 0.15) is 37.7 Å². The molecule has 0 heterocycles. The molecule has 1 aliphatic rings. The SMILES string of the molecule is O=C(COc1ccc(S(=O)(=O)NC2CCCCC2)cc1)NCc1ccccc1. The van der Waals surface area contributed by atoms with E-state index in [2.05, 4.69) is 10.0 Å². The van der Waals surface area contributed by atoms with Crippen molar-refractivity contribution in [2.24, 2.45) is 0 Å². The second-order valence-corrected chi connectivity index (χ2v) is 8.69. The minimum absolute atomic E-state index is 0.0167. The molecule has 1 amide bonds. The smallest absolute Gasteiger partial charge is 0.258 e. The van der Waals surface area contributed by atoms with E-state index < -0.39 is 10.0 Å². The number of hydrogen-bond acceptors (Lipinski definition) is 4. The van der Waals surface area contributed by atoms with Crippen LogP contribution in [0.15, 0.2) is 59.5 Å². The van der Waals surface area contributed by atoms with E-state index in [4.69, 9.17) is 4.74 Å². The number of rotatable bonds is 8. The molecule has 0 aliphatic heterocycles. The highest BCUT2D eigenvalue weighted by Crippen LogP contribution is 2.21. The highest BCUT2D eigenvalue weighted by molar-refractivity contribution is 7.89. The molecule has 1 saturated carbocycles. The van der Waals surface area contributed by atoms with Crippen molar-refractivity contribution >= 4 is 15.9 Å². The molecule has 0 radical (unpaired) electrons. The van der Waals surface area contributed by atoms with Crippen LogP contribution in [0.2, 0.25) is 0 Å². The van der Waals surface area contributed by atoms with Gasteiger partial charge in [-0.05, 0) is 42.7 Å². The van der Waals surface area contributed by atoms with Gasteiger partial charge in [0.2, 0.25) is 10.0 Å². The lowest BCUT2D eigenvalue weighted by Gasteiger charge is -2.22. The van der Waals surface area contributed by atoms with Crippen molar-refractivity contribution in [1.29, 1.82) is 0 Å². The number of ether oxygens (including phenoxy) is 1. The quantitative estimate of drug-likeness (QED) is 0.711. The van der Waals surface area contributed by atoms with Crippen LogP contribution in [0.5, 0.6) is 5.75 Å². The van der Waals surface area contributed by atoms with Crippen molar-refractivity contribution in [1.82, 2.24) is 10.0 Å². The van der Waals surface area contributed by atoms with Crippen molar-refractivity contribution in [3.05, 3.63) is 60.2 Å². The molecule has 0 spiro atoms. The number of nitrogens with one attached hydrogen (secondary N) is 2. The van der Waals surface area contributed by atoms with Gasteiger partial charge in [0.15, 0.2) is 6.61 Å². The molecule has 150 valence electrons. The maximum atomic E-state index is 12.5. The van der Waals surface area contributed by atoms with Crippen LogP contribution in [0, 0.1) is 0 Å². The number of amides is 1. The molecular formula is C21H26N2O4S. The van der Waals surface area contributed by atoms with Gasteiger partial charge in [-0.15, -0.1) is 0 Å². The Hall–Kier alpha value is -2.38. The summed E-state index contributed by atoms with van der Waals surface area (Å²) in [4.78, 5) is 12.1. The first-order chi connectivity index (χ1) is 13.5. The fraction of sp³-hybridized carbons (Fsp3) is 0.381. The van der Waals surface area contributed by atoms with Crippen LogP contribution in [-0.4, -0.2) is 27.0 Å². The van der Waals surface area contributed by atoms with Crippen LogP contribution < -0.4 is 14.8 Å². The van der Waals surface area contributed by atoms with Crippen LogP contribution >= 0.6 is 0 Å². The van der Waals surface area contributed by atoms with Gasteiger partial charge in [-0.1, -0.05) is 49.6 Å². The summed E-state index contributed by atoms with van der Waals surface area (Å²) in [5, 5.41) is 2.78. The number of sulfonamides is 1. The number of carbonyl (C=O) groups excluding carboxylic acids is 1. The lowest BCUT2D eigenvalue weighted by atomic mass is 9.96. The highest BCUT2D eigenvalue weighted by atomic mass is 32.2. The van der Waals surface area contributed by atoms with Gasteiger partial charge in [0.25, 0.3) is 5.91 Å². The lowest BCUT2D eigenvalue weighted by Crippen LogP contribution is -2.36. The Kier molecular flexibility index (Phi) is 7.06. The molecule has 0 saturated heterocycles. The van der Waals surface area contributed by atoms with Gasteiger partial charge in [0, 0.05) is 12.6 Å². The zero-order valence-corrected chi connectivity index (χ0v) is 16.6. The van der Waals surface area contributed by atoms with Gasteiger partial charge in [0.05, 0.1) is 4.90 Å². The molecule has 1 fully saturated rings. The molecule has 0 aromatic heterocycles. The molecule has 2 aromatic rings. The zero-order valence-electron chi connectivity index (χ0n) is 15.8. The third kappa shape index (κ3) is 6.07. The summed E-state index contributed by atoms with van der Waals surface area (Å²) in [6.45, 7) is 0.312. The standard InChI is InChI=1S/C21H26N2O4S/c24-21(22-15-17-7-3-1-4-8-17)16-27-19-11-13-20(14-12-19)28(25,26)23-18-9-5-2-6-10-18/h1,3-4,7-8,11-14,18,23H,2,5-6,9-10,15-16H2,(H,22,24). The first-order valence-electron chi connectivity index (χ1n) is 9.59. The largest absolute Gasteiger partial charge is 0.484 e. The van der Waals surface area contributed by atoms with E-state index >= 15 is 0 Å². The van der Waals surface area contributed by atoms with E-state index in [0.29, 0.717) is 12.3 Å². The molecule has 7 heteroatoms. The van der Waals surface area contributed by atoms with Crippen molar-refractivity contribution in [3.8, 4) is 5.75 Å². The number of carbonyl (C=O) groups is 1. The van der Waals surface area contributed by atoms with E-state index in [1.807, 2.05) is 30.3 Å². The predicted octanol–water partition coefficient (Wildman–Crippen LogP) is 2.99. The maximum absolute atomic E-state index is 12.5. The fourth-order valence-corrected chi connectivity index (χ4v) is 4.52. The van der Waals surface area contributed by atoms with Crippen molar-refractivity contribution in [2.75, 3.05) is 6.61 Å². The monoisotopic (exact) mass is 402 g/mol. The normalized spacial score (nSPS) is 15.1. The minimum Gasteiger partial charge on any atom is -0.484 e. The first-order valence-corrected chi connectivity index (χ1v) is 11.1. The van der Waals surface area contributed by atoms with E-state index in [1.54, 1.807) is 12.1 Å². The van der Waals surface area contributed by atoms with Crippen LogP contribution in [0.25, 0.3) is 0 Å². The summed E-state index contributed by atoms with van der Waals surface area (Å²) >= 11 is 0. The number of hydrogen-bond donors (Lipinski definition) is 2. The maximum Gasteiger partial charge on any atom is 0.258 e. The molecule has 2 aromatic carbocycles. The second-order valence-electron chi connectivity index (χ2n) is 6.98. The van der Waals surface area contributed by atoms with Crippen LogP contribution in [0.4, 0.5) is 0 Å². The van der Waals surface area contributed by atoms with Crippen molar-refractivity contribution in [3.63, 3.8) is 0 Å². The Morgan fingerprint density at radius 3 is 2.32 bits per heavy atom. The summed E-state index contributed by atoms with van der Waals surface area (Å²) in [5.74, 6) is 0.214. The van der Waals surface area contributed by atoms with Gasteiger partial charge in [-0.25, -0.2) is 13.1 Å². The molecule has 0 atom stereocenters. The van der Waals surface area contributed by atoms with Gasteiger partial charge in [-0.2, -0.15) is 0 Å². The third-order valence-electron chi connectivity index (χ3n) is 4.76. The first kappa shape index (κ1) is 20.4. The molecule has 0 unspecified atom stereocenters.